The molecule has 0 aliphatic rings. The van der Waals surface area contributed by atoms with Crippen LogP contribution in [0, 0.1) is 5.82 Å². The molecule has 3 rings (SSSR count). The molecule has 1 atom stereocenters. The van der Waals surface area contributed by atoms with Crippen LogP contribution in [-0.2, 0) is 16.6 Å². The summed E-state index contributed by atoms with van der Waals surface area (Å²) < 4.78 is 30.6. The van der Waals surface area contributed by atoms with E-state index in [1.807, 2.05) is 17.5 Å². The van der Waals surface area contributed by atoms with Crippen molar-refractivity contribution in [3.63, 3.8) is 0 Å². The van der Waals surface area contributed by atoms with E-state index in [1.54, 1.807) is 12.1 Å². The van der Waals surface area contributed by atoms with Crippen molar-refractivity contribution in [2.75, 3.05) is 0 Å². The van der Waals surface area contributed by atoms with Crippen LogP contribution in [0.3, 0.4) is 0 Å². The molecule has 0 N–H and O–H groups in total. The number of halogens is 1. The van der Waals surface area contributed by atoms with Gasteiger partial charge in [0, 0.05) is 4.90 Å². The van der Waals surface area contributed by atoms with Gasteiger partial charge in [0.15, 0.2) is 0 Å². The van der Waals surface area contributed by atoms with E-state index in [-0.39, 0.29) is 5.75 Å². The van der Waals surface area contributed by atoms with Crippen LogP contribution in [0.4, 0.5) is 4.39 Å². The standard InChI is InChI=1S/C14H10FNO2S2/c15-10-3-1-4-12(7-10)20(17)9-11-8-18-14(16-11)13-5-2-6-19-13/h1-8H,9H2. The molecule has 0 aliphatic heterocycles. The van der Waals surface area contributed by atoms with Gasteiger partial charge in [0.05, 0.1) is 27.1 Å². The maximum absolute atomic E-state index is 13.1. The second kappa shape index (κ2) is 5.68. The maximum Gasteiger partial charge on any atom is 0.236 e. The van der Waals surface area contributed by atoms with Gasteiger partial charge in [0.25, 0.3) is 0 Å². The first-order valence-corrected chi connectivity index (χ1v) is 8.04. The van der Waals surface area contributed by atoms with Crippen LogP contribution in [-0.4, -0.2) is 9.19 Å². The number of oxazole rings is 1. The fourth-order valence-electron chi connectivity index (χ4n) is 1.71. The van der Waals surface area contributed by atoms with Crippen LogP contribution in [0.5, 0.6) is 0 Å². The lowest BCUT2D eigenvalue weighted by Gasteiger charge is -1.99. The van der Waals surface area contributed by atoms with Gasteiger partial charge in [-0.05, 0) is 29.6 Å². The number of nitrogens with zero attached hydrogens (tertiary/aromatic N) is 1. The zero-order valence-electron chi connectivity index (χ0n) is 10.3. The summed E-state index contributed by atoms with van der Waals surface area (Å²) in [5.41, 5.74) is 0.594. The van der Waals surface area contributed by atoms with Crippen molar-refractivity contribution in [3.05, 3.63) is 59.6 Å². The third-order valence-electron chi connectivity index (χ3n) is 2.62. The van der Waals surface area contributed by atoms with Crippen LogP contribution < -0.4 is 0 Å². The van der Waals surface area contributed by atoms with Crippen LogP contribution in [0.15, 0.2) is 57.4 Å². The number of rotatable bonds is 4. The fourth-order valence-corrected chi connectivity index (χ4v) is 3.41. The lowest BCUT2D eigenvalue weighted by Crippen LogP contribution is -1.97. The average Bonchev–Trinajstić information content (AvgIpc) is 3.08. The van der Waals surface area contributed by atoms with Gasteiger partial charge in [-0.15, -0.1) is 11.3 Å². The van der Waals surface area contributed by atoms with Gasteiger partial charge in [-0.1, -0.05) is 12.1 Å². The Morgan fingerprint density at radius 1 is 1.30 bits per heavy atom. The Bertz CT molecular complexity index is 737. The molecule has 0 amide bonds. The minimum absolute atomic E-state index is 0.207. The lowest BCUT2D eigenvalue weighted by atomic mass is 10.4. The summed E-state index contributed by atoms with van der Waals surface area (Å²) in [5.74, 6) is 0.333. The van der Waals surface area contributed by atoms with Gasteiger partial charge < -0.3 is 4.42 Å². The fraction of sp³-hybridized carbons (Fsp3) is 0.0714. The predicted octanol–water partition coefficient (Wildman–Crippen LogP) is 3.85. The molecule has 0 bridgehead atoms. The van der Waals surface area contributed by atoms with Gasteiger partial charge in [-0.2, -0.15) is 0 Å². The first kappa shape index (κ1) is 13.2. The summed E-state index contributed by atoms with van der Waals surface area (Å²) >= 11 is 1.52. The third kappa shape index (κ3) is 2.86. The van der Waals surface area contributed by atoms with Crippen molar-refractivity contribution >= 4 is 22.1 Å². The number of aromatic nitrogens is 1. The third-order valence-corrected chi connectivity index (χ3v) is 4.82. The summed E-state index contributed by atoms with van der Waals surface area (Å²) in [6.45, 7) is 0. The maximum atomic E-state index is 13.1. The molecule has 102 valence electrons. The van der Waals surface area contributed by atoms with E-state index in [2.05, 4.69) is 4.98 Å². The number of thiophene rings is 1. The van der Waals surface area contributed by atoms with Gasteiger partial charge in [-0.3, -0.25) is 4.21 Å². The van der Waals surface area contributed by atoms with Gasteiger partial charge in [0.1, 0.15) is 12.1 Å². The molecule has 3 aromatic rings. The minimum Gasteiger partial charge on any atom is -0.444 e. The average molecular weight is 307 g/mol. The summed E-state index contributed by atoms with van der Waals surface area (Å²) in [6.07, 6.45) is 1.49. The van der Waals surface area contributed by atoms with Crippen LogP contribution >= 0.6 is 11.3 Å². The second-order valence-electron chi connectivity index (χ2n) is 4.07. The summed E-state index contributed by atoms with van der Waals surface area (Å²) in [4.78, 5) is 5.67. The monoisotopic (exact) mass is 307 g/mol. The molecule has 0 spiro atoms. The Labute approximate surface area is 121 Å². The van der Waals surface area contributed by atoms with Gasteiger partial charge >= 0.3 is 0 Å². The van der Waals surface area contributed by atoms with Crippen molar-refractivity contribution in [2.45, 2.75) is 10.6 Å². The highest BCUT2D eigenvalue weighted by Gasteiger charge is 2.12. The largest absolute Gasteiger partial charge is 0.444 e. The van der Waals surface area contributed by atoms with Crippen LogP contribution in [0.25, 0.3) is 10.8 Å². The Morgan fingerprint density at radius 3 is 2.95 bits per heavy atom. The predicted molar refractivity (Wildman–Crippen MR) is 76.3 cm³/mol. The summed E-state index contributed by atoms with van der Waals surface area (Å²) in [5, 5.41) is 1.93. The Balaban J connectivity index is 1.77. The molecular formula is C14H10FNO2S2. The highest BCUT2D eigenvalue weighted by atomic mass is 32.2. The van der Waals surface area contributed by atoms with Crippen molar-refractivity contribution in [2.24, 2.45) is 0 Å². The molecule has 0 saturated heterocycles. The van der Waals surface area contributed by atoms with Crippen molar-refractivity contribution in [1.29, 1.82) is 0 Å². The lowest BCUT2D eigenvalue weighted by molar-refractivity contribution is 0.574. The minimum atomic E-state index is -1.34. The molecule has 1 unspecified atom stereocenters. The SMILES string of the molecule is O=S(Cc1coc(-c2cccs2)n1)c1cccc(F)c1. The molecule has 0 fully saturated rings. The molecule has 3 nitrogen and oxygen atoms in total. The molecule has 6 heteroatoms. The number of hydrogen-bond acceptors (Lipinski definition) is 4. The normalized spacial score (nSPS) is 12.4. The molecule has 2 heterocycles. The highest BCUT2D eigenvalue weighted by molar-refractivity contribution is 7.84. The first-order chi connectivity index (χ1) is 9.72. The van der Waals surface area contributed by atoms with E-state index in [1.165, 1.54) is 29.7 Å². The van der Waals surface area contributed by atoms with E-state index in [0.717, 1.165) is 4.88 Å². The molecule has 2 aromatic heterocycles. The van der Waals surface area contributed by atoms with E-state index in [4.69, 9.17) is 4.42 Å². The Kier molecular flexibility index (Phi) is 3.75. The quantitative estimate of drug-likeness (QED) is 0.735. The smallest absolute Gasteiger partial charge is 0.236 e. The highest BCUT2D eigenvalue weighted by Crippen LogP contribution is 2.24. The van der Waals surface area contributed by atoms with E-state index >= 15 is 0 Å². The van der Waals surface area contributed by atoms with Crippen molar-refractivity contribution in [3.8, 4) is 10.8 Å². The summed E-state index contributed by atoms with van der Waals surface area (Å²) in [6, 6.07) is 9.60. The molecule has 20 heavy (non-hydrogen) atoms. The van der Waals surface area contributed by atoms with Crippen LogP contribution in [0.1, 0.15) is 5.69 Å². The zero-order chi connectivity index (χ0) is 13.9. The Hall–Kier alpha value is -1.79. The van der Waals surface area contributed by atoms with Crippen LogP contribution in [0.2, 0.25) is 0 Å². The number of hydrogen-bond donors (Lipinski definition) is 0. The zero-order valence-corrected chi connectivity index (χ0v) is 11.9. The van der Waals surface area contributed by atoms with Crippen molar-refractivity contribution in [1.82, 2.24) is 4.98 Å². The molecular weight excluding hydrogens is 297 g/mol. The molecule has 0 radical (unpaired) electrons. The second-order valence-corrected chi connectivity index (χ2v) is 6.47. The van der Waals surface area contributed by atoms with Gasteiger partial charge in [-0.25, -0.2) is 9.37 Å². The molecule has 0 aliphatic carbocycles. The molecule has 1 aromatic carbocycles. The van der Waals surface area contributed by atoms with E-state index in [9.17, 15) is 8.60 Å². The van der Waals surface area contributed by atoms with Crippen molar-refractivity contribution < 1.29 is 13.0 Å². The molecule has 0 saturated carbocycles. The van der Waals surface area contributed by atoms with E-state index < -0.39 is 16.6 Å². The number of benzene rings is 1. The topological polar surface area (TPSA) is 43.1 Å². The van der Waals surface area contributed by atoms with Gasteiger partial charge in [0.2, 0.25) is 5.89 Å². The summed E-state index contributed by atoms with van der Waals surface area (Å²) in [7, 11) is -1.34. The Morgan fingerprint density at radius 2 is 2.20 bits per heavy atom. The first-order valence-electron chi connectivity index (χ1n) is 5.84. The van der Waals surface area contributed by atoms with E-state index in [0.29, 0.717) is 16.5 Å².